The molecule has 0 spiro atoms. The Kier molecular flexibility index (Phi) is 5.83. The molecule has 0 amide bonds. The Balaban J connectivity index is 1.66. The van der Waals surface area contributed by atoms with E-state index >= 15 is 0 Å². The van der Waals surface area contributed by atoms with Crippen LogP contribution in [-0.4, -0.2) is 63.0 Å². The summed E-state index contributed by atoms with van der Waals surface area (Å²) in [6, 6.07) is 7.53. The van der Waals surface area contributed by atoms with E-state index in [0.717, 1.165) is 38.2 Å². The molecule has 0 aliphatic carbocycles. The smallest absolute Gasteiger partial charge is 0.148 e. The van der Waals surface area contributed by atoms with Gasteiger partial charge in [-0.2, -0.15) is 5.10 Å². The number of piperazine rings is 1. The summed E-state index contributed by atoms with van der Waals surface area (Å²) in [5, 5.41) is 13.7. The lowest BCUT2D eigenvalue weighted by atomic mass is 10.1. The molecule has 1 aliphatic rings. The second kappa shape index (κ2) is 8.08. The summed E-state index contributed by atoms with van der Waals surface area (Å²) in [4.78, 5) is 4.86. The van der Waals surface area contributed by atoms with Crippen molar-refractivity contribution in [1.29, 1.82) is 0 Å². The summed E-state index contributed by atoms with van der Waals surface area (Å²) >= 11 is 0. The summed E-state index contributed by atoms with van der Waals surface area (Å²) in [5.41, 5.74) is 1.54. The van der Waals surface area contributed by atoms with E-state index in [-0.39, 0.29) is 12.4 Å². The topological polar surface area (TPSA) is 44.5 Å². The van der Waals surface area contributed by atoms with Crippen LogP contribution in [0.2, 0.25) is 0 Å². The standard InChI is InChI=1S/C19H27FN4O/c1-15(2)23-9-8-22(14-17(23)7-10-25)12-16-11-21-24(13-16)19-6-4-3-5-18(19)20/h3-6,11,13,15,17,25H,7-10,12,14H2,1-2H3/t17-/m0/s1. The predicted octanol–water partition coefficient (Wildman–Crippen LogP) is 2.29. The maximum atomic E-state index is 13.9. The number of aliphatic hydroxyl groups excluding tert-OH is 1. The molecule has 0 saturated carbocycles. The average Bonchev–Trinajstić information content (AvgIpc) is 3.04. The number of hydrogen-bond donors (Lipinski definition) is 1. The van der Waals surface area contributed by atoms with Crippen molar-refractivity contribution < 1.29 is 9.50 Å². The van der Waals surface area contributed by atoms with Gasteiger partial charge in [0.15, 0.2) is 0 Å². The fraction of sp³-hybridized carbons (Fsp3) is 0.526. The van der Waals surface area contributed by atoms with Crippen molar-refractivity contribution in [1.82, 2.24) is 19.6 Å². The molecule has 1 fully saturated rings. The van der Waals surface area contributed by atoms with Crippen LogP contribution in [0.3, 0.4) is 0 Å². The van der Waals surface area contributed by atoms with Crippen molar-refractivity contribution in [3.63, 3.8) is 0 Å². The molecular formula is C19H27FN4O. The molecule has 2 heterocycles. The zero-order valence-corrected chi connectivity index (χ0v) is 15.0. The van der Waals surface area contributed by atoms with Crippen LogP contribution in [0.4, 0.5) is 4.39 Å². The molecule has 0 unspecified atom stereocenters. The second-order valence-electron chi connectivity index (χ2n) is 6.98. The minimum absolute atomic E-state index is 0.215. The highest BCUT2D eigenvalue weighted by Crippen LogP contribution is 2.19. The summed E-state index contributed by atoms with van der Waals surface area (Å²) < 4.78 is 15.5. The van der Waals surface area contributed by atoms with Gasteiger partial charge in [0.1, 0.15) is 11.5 Å². The lowest BCUT2D eigenvalue weighted by Crippen LogP contribution is -2.55. The molecule has 6 heteroatoms. The first-order chi connectivity index (χ1) is 12.1. The van der Waals surface area contributed by atoms with Crippen molar-refractivity contribution in [3.8, 4) is 5.69 Å². The lowest BCUT2D eigenvalue weighted by Gasteiger charge is -2.43. The number of benzene rings is 1. The van der Waals surface area contributed by atoms with Crippen molar-refractivity contribution in [2.75, 3.05) is 26.2 Å². The van der Waals surface area contributed by atoms with Gasteiger partial charge >= 0.3 is 0 Å². The van der Waals surface area contributed by atoms with E-state index in [4.69, 9.17) is 0 Å². The number of aromatic nitrogens is 2. The molecule has 0 bridgehead atoms. The van der Waals surface area contributed by atoms with Gasteiger partial charge in [0.25, 0.3) is 0 Å². The van der Waals surface area contributed by atoms with E-state index in [2.05, 4.69) is 28.7 Å². The molecule has 1 N–H and O–H groups in total. The Morgan fingerprint density at radius 1 is 1.28 bits per heavy atom. The largest absolute Gasteiger partial charge is 0.396 e. The highest BCUT2D eigenvalue weighted by Gasteiger charge is 2.28. The third kappa shape index (κ3) is 4.26. The minimum atomic E-state index is -0.272. The van der Waals surface area contributed by atoms with Gasteiger partial charge in [0.05, 0.1) is 6.20 Å². The predicted molar refractivity (Wildman–Crippen MR) is 96.1 cm³/mol. The van der Waals surface area contributed by atoms with Crippen molar-refractivity contribution in [2.24, 2.45) is 0 Å². The van der Waals surface area contributed by atoms with Crippen LogP contribution in [0, 0.1) is 5.82 Å². The quantitative estimate of drug-likeness (QED) is 0.872. The fourth-order valence-corrected chi connectivity index (χ4v) is 3.63. The molecular weight excluding hydrogens is 319 g/mol. The van der Waals surface area contributed by atoms with E-state index < -0.39 is 0 Å². The maximum absolute atomic E-state index is 13.9. The van der Waals surface area contributed by atoms with Crippen LogP contribution in [0.5, 0.6) is 0 Å². The highest BCUT2D eigenvalue weighted by atomic mass is 19.1. The Bertz CT molecular complexity index is 688. The molecule has 136 valence electrons. The van der Waals surface area contributed by atoms with Gasteiger partial charge in [-0.3, -0.25) is 9.80 Å². The molecule has 2 aromatic rings. The second-order valence-corrected chi connectivity index (χ2v) is 6.98. The minimum Gasteiger partial charge on any atom is -0.396 e. The van der Waals surface area contributed by atoms with Crippen molar-refractivity contribution >= 4 is 0 Å². The van der Waals surface area contributed by atoms with Crippen LogP contribution in [0.1, 0.15) is 25.8 Å². The van der Waals surface area contributed by atoms with Crippen molar-refractivity contribution in [2.45, 2.75) is 38.9 Å². The molecule has 25 heavy (non-hydrogen) atoms. The molecule has 1 saturated heterocycles. The monoisotopic (exact) mass is 346 g/mol. The molecule has 1 aromatic carbocycles. The zero-order valence-electron chi connectivity index (χ0n) is 15.0. The Labute approximate surface area is 148 Å². The zero-order chi connectivity index (χ0) is 17.8. The number of nitrogens with zero attached hydrogens (tertiary/aromatic N) is 4. The summed E-state index contributed by atoms with van der Waals surface area (Å²) in [5.74, 6) is -0.272. The molecule has 1 aromatic heterocycles. The average molecular weight is 346 g/mol. The Morgan fingerprint density at radius 2 is 2.08 bits per heavy atom. The van der Waals surface area contributed by atoms with Gasteiger partial charge in [0, 0.05) is 56.6 Å². The number of halogens is 1. The molecule has 1 atom stereocenters. The number of hydrogen-bond acceptors (Lipinski definition) is 4. The van der Waals surface area contributed by atoms with Gasteiger partial charge in [-0.1, -0.05) is 12.1 Å². The van der Waals surface area contributed by atoms with E-state index in [1.54, 1.807) is 16.8 Å². The van der Waals surface area contributed by atoms with Crippen LogP contribution in [-0.2, 0) is 6.54 Å². The summed E-state index contributed by atoms with van der Waals surface area (Å²) in [6.45, 7) is 8.35. The Hall–Kier alpha value is -1.76. The van der Waals surface area contributed by atoms with E-state index in [1.165, 1.54) is 6.07 Å². The van der Waals surface area contributed by atoms with Gasteiger partial charge in [0.2, 0.25) is 0 Å². The molecule has 3 rings (SSSR count). The van der Waals surface area contributed by atoms with Crippen LogP contribution >= 0.6 is 0 Å². The lowest BCUT2D eigenvalue weighted by molar-refractivity contribution is 0.0349. The summed E-state index contributed by atoms with van der Waals surface area (Å²) in [6.07, 6.45) is 4.50. The van der Waals surface area contributed by atoms with Gasteiger partial charge in [-0.15, -0.1) is 0 Å². The first kappa shape index (κ1) is 18.0. The SMILES string of the molecule is CC(C)N1CCN(Cc2cnn(-c3ccccc3F)c2)C[C@@H]1CCO. The first-order valence-corrected chi connectivity index (χ1v) is 8.96. The van der Waals surface area contributed by atoms with Crippen LogP contribution in [0.15, 0.2) is 36.7 Å². The third-order valence-electron chi connectivity index (χ3n) is 4.88. The molecule has 0 radical (unpaired) electrons. The van der Waals surface area contributed by atoms with E-state index in [1.807, 2.05) is 18.5 Å². The van der Waals surface area contributed by atoms with Crippen LogP contribution < -0.4 is 0 Å². The third-order valence-corrected chi connectivity index (χ3v) is 4.88. The van der Waals surface area contributed by atoms with Crippen molar-refractivity contribution in [3.05, 3.63) is 48.0 Å². The number of rotatable bonds is 6. The highest BCUT2D eigenvalue weighted by molar-refractivity contribution is 5.32. The van der Waals surface area contributed by atoms with Gasteiger partial charge in [-0.25, -0.2) is 9.07 Å². The molecule has 1 aliphatic heterocycles. The van der Waals surface area contributed by atoms with Gasteiger partial charge < -0.3 is 5.11 Å². The van der Waals surface area contributed by atoms with Gasteiger partial charge in [-0.05, 0) is 32.4 Å². The van der Waals surface area contributed by atoms with Crippen LogP contribution in [0.25, 0.3) is 5.69 Å². The number of aliphatic hydroxyl groups is 1. The summed E-state index contributed by atoms with van der Waals surface area (Å²) in [7, 11) is 0. The molecule has 5 nitrogen and oxygen atoms in total. The van der Waals surface area contributed by atoms with E-state index in [9.17, 15) is 9.50 Å². The first-order valence-electron chi connectivity index (χ1n) is 8.96. The fourth-order valence-electron chi connectivity index (χ4n) is 3.63. The normalized spacial score (nSPS) is 19.6. The van der Waals surface area contributed by atoms with E-state index in [0.29, 0.717) is 17.8 Å². The maximum Gasteiger partial charge on any atom is 0.148 e. The Morgan fingerprint density at radius 3 is 2.80 bits per heavy atom. The number of para-hydroxylation sites is 1.